The zero-order chi connectivity index (χ0) is 28.3. The molecule has 4 aromatic rings. The lowest BCUT2D eigenvalue weighted by Gasteiger charge is -2.31. The maximum absolute atomic E-state index is 13.8. The Labute approximate surface area is 243 Å². The Balaban J connectivity index is 1.38. The van der Waals surface area contributed by atoms with Crippen LogP contribution in [0.2, 0.25) is 0 Å². The van der Waals surface area contributed by atoms with Crippen molar-refractivity contribution < 1.29 is 18.0 Å². The fraction of sp³-hybridized carbons (Fsp3) is 0.226. The largest absolute Gasteiger partial charge is 0.357 e. The van der Waals surface area contributed by atoms with E-state index in [4.69, 9.17) is 0 Å². The number of halogens is 1. The molecule has 0 unspecified atom stereocenters. The van der Waals surface area contributed by atoms with Crippen LogP contribution in [0.5, 0.6) is 0 Å². The van der Waals surface area contributed by atoms with Gasteiger partial charge in [-0.15, -0.1) is 0 Å². The smallest absolute Gasteiger partial charge is 0.265 e. The molecule has 206 valence electrons. The van der Waals surface area contributed by atoms with Gasteiger partial charge in [0.25, 0.3) is 10.0 Å². The first-order valence-electron chi connectivity index (χ1n) is 13.1. The van der Waals surface area contributed by atoms with E-state index in [0.29, 0.717) is 23.4 Å². The zero-order valence-corrected chi connectivity index (χ0v) is 24.5. The number of carbonyl (C=O) groups is 2. The van der Waals surface area contributed by atoms with E-state index in [0.717, 1.165) is 26.4 Å². The Hall–Kier alpha value is -3.69. The molecule has 0 fully saturated rings. The van der Waals surface area contributed by atoms with Gasteiger partial charge in [0, 0.05) is 42.8 Å². The number of anilines is 1. The molecule has 0 aliphatic carbocycles. The molecule has 0 aromatic heterocycles. The van der Waals surface area contributed by atoms with Crippen LogP contribution in [0.25, 0.3) is 10.8 Å². The van der Waals surface area contributed by atoms with Gasteiger partial charge < -0.3 is 10.2 Å². The number of sulfonamides is 1. The molecule has 0 spiro atoms. The highest BCUT2D eigenvalue weighted by atomic mass is 79.9. The van der Waals surface area contributed by atoms with E-state index in [2.05, 4.69) is 21.2 Å². The molecule has 1 heterocycles. The summed E-state index contributed by atoms with van der Waals surface area (Å²) in [6.07, 6.45) is 0.760. The predicted octanol–water partition coefficient (Wildman–Crippen LogP) is 5.28. The summed E-state index contributed by atoms with van der Waals surface area (Å²) >= 11 is 3.49. The first-order valence-corrected chi connectivity index (χ1v) is 15.4. The van der Waals surface area contributed by atoms with Gasteiger partial charge in [0.05, 0.1) is 10.6 Å². The molecule has 7 nitrogen and oxygen atoms in total. The fourth-order valence-corrected chi connectivity index (χ4v) is 7.46. The Bertz CT molecular complexity index is 1650. The predicted molar refractivity (Wildman–Crippen MR) is 160 cm³/mol. The van der Waals surface area contributed by atoms with Crippen LogP contribution >= 0.6 is 15.9 Å². The normalized spacial score (nSPS) is 14.2. The van der Waals surface area contributed by atoms with Gasteiger partial charge in [-0.2, -0.15) is 0 Å². The molecule has 2 amide bonds. The average Bonchev–Trinajstić information content (AvgIpc) is 3.18. The third-order valence-corrected chi connectivity index (χ3v) is 9.54. The number of hydrogen-bond acceptors (Lipinski definition) is 4. The van der Waals surface area contributed by atoms with Crippen molar-refractivity contribution in [3.8, 4) is 0 Å². The van der Waals surface area contributed by atoms with E-state index < -0.39 is 16.1 Å². The molecule has 1 N–H and O–H groups in total. The first-order chi connectivity index (χ1) is 19.3. The molecule has 1 aliphatic rings. The number of nitrogens with one attached hydrogen (secondary N) is 1. The van der Waals surface area contributed by atoms with Crippen LogP contribution in [-0.2, 0) is 32.6 Å². The minimum atomic E-state index is -3.71. The van der Waals surface area contributed by atoms with Gasteiger partial charge in [0.15, 0.2) is 0 Å². The highest BCUT2D eigenvalue weighted by Crippen LogP contribution is 2.42. The second-order valence-corrected chi connectivity index (χ2v) is 12.5. The van der Waals surface area contributed by atoms with Crippen molar-refractivity contribution in [2.75, 3.05) is 17.9 Å². The molecule has 0 radical (unpaired) electrons. The number of benzene rings is 4. The summed E-state index contributed by atoms with van der Waals surface area (Å²) in [7, 11) is -2.14. The first kappa shape index (κ1) is 27.9. The quantitative estimate of drug-likeness (QED) is 0.262. The van der Waals surface area contributed by atoms with Crippen molar-refractivity contribution in [2.45, 2.75) is 36.7 Å². The van der Waals surface area contributed by atoms with Crippen molar-refractivity contribution in [1.29, 1.82) is 0 Å². The van der Waals surface area contributed by atoms with Crippen LogP contribution in [0.15, 0.2) is 100 Å². The zero-order valence-electron chi connectivity index (χ0n) is 22.1. The van der Waals surface area contributed by atoms with Crippen molar-refractivity contribution in [3.63, 3.8) is 0 Å². The lowest BCUT2D eigenvalue weighted by atomic mass is 10.0. The maximum Gasteiger partial charge on any atom is 0.265 e. The minimum Gasteiger partial charge on any atom is -0.357 e. The molecule has 40 heavy (non-hydrogen) atoms. The second kappa shape index (κ2) is 11.8. The average molecular weight is 621 g/mol. The Morgan fingerprint density at radius 1 is 0.925 bits per heavy atom. The summed E-state index contributed by atoms with van der Waals surface area (Å²) in [5.41, 5.74) is 2.46. The van der Waals surface area contributed by atoms with Gasteiger partial charge in [-0.25, -0.2) is 8.42 Å². The molecular weight excluding hydrogens is 590 g/mol. The Morgan fingerprint density at radius 3 is 2.35 bits per heavy atom. The number of hydrogen-bond donors (Lipinski definition) is 1. The van der Waals surface area contributed by atoms with E-state index in [1.165, 1.54) is 4.31 Å². The molecule has 5 rings (SSSR count). The SMILES string of the molecule is CNC(=O)[C@H](Cc1ccccc1)N(Cc1cccc(Br)c1)C(=O)CCCN1c2cccc3cccc(c23)S1(=O)=O. The Morgan fingerprint density at radius 2 is 1.62 bits per heavy atom. The molecule has 0 saturated carbocycles. The Kier molecular flexibility index (Phi) is 8.23. The topological polar surface area (TPSA) is 86.8 Å². The van der Waals surface area contributed by atoms with Crippen LogP contribution in [0.3, 0.4) is 0 Å². The summed E-state index contributed by atoms with van der Waals surface area (Å²) in [4.78, 5) is 28.8. The van der Waals surface area contributed by atoms with Gasteiger partial charge in [-0.05, 0) is 47.2 Å². The minimum absolute atomic E-state index is 0.0919. The fourth-order valence-electron chi connectivity index (χ4n) is 5.27. The molecule has 0 bridgehead atoms. The van der Waals surface area contributed by atoms with Gasteiger partial charge in [-0.1, -0.05) is 82.7 Å². The number of nitrogens with zero attached hydrogens (tertiary/aromatic N) is 2. The standard InChI is InChI=1S/C31H30BrN3O4S/c1-33-31(37)27(20-22-9-3-2-4-10-22)34(21-23-11-5-14-25(32)19-23)29(36)17-8-18-35-26-15-6-12-24-13-7-16-28(30(24)26)40(35,38)39/h2-7,9-16,19,27H,8,17-18,20-21H2,1H3,(H,33,37)/t27-/m0/s1. The van der Waals surface area contributed by atoms with Crippen LogP contribution in [-0.4, -0.2) is 44.8 Å². The third-order valence-electron chi connectivity index (χ3n) is 7.19. The lowest BCUT2D eigenvalue weighted by Crippen LogP contribution is -2.49. The highest BCUT2D eigenvalue weighted by molar-refractivity contribution is 9.10. The summed E-state index contributed by atoms with van der Waals surface area (Å²) in [6, 6.07) is 27.3. The van der Waals surface area contributed by atoms with Crippen LogP contribution in [0.4, 0.5) is 5.69 Å². The van der Waals surface area contributed by atoms with E-state index in [9.17, 15) is 18.0 Å². The number of carbonyl (C=O) groups excluding carboxylic acids is 2. The summed E-state index contributed by atoms with van der Waals surface area (Å²) in [5.74, 6) is -0.465. The third kappa shape index (κ3) is 5.62. The van der Waals surface area contributed by atoms with Crippen LogP contribution < -0.4 is 9.62 Å². The molecule has 0 saturated heterocycles. The summed E-state index contributed by atoms with van der Waals surface area (Å²) < 4.78 is 29.0. The van der Waals surface area contributed by atoms with E-state index >= 15 is 0 Å². The van der Waals surface area contributed by atoms with Crippen molar-refractivity contribution in [3.05, 3.63) is 107 Å². The van der Waals surface area contributed by atoms with E-state index in [1.807, 2.05) is 72.8 Å². The molecular formula is C31H30BrN3O4S. The van der Waals surface area contributed by atoms with Crippen molar-refractivity contribution in [1.82, 2.24) is 10.2 Å². The summed E-state index contributed by atoms with van der Waals surface area (Å²) in [5, 5.41) is 4.31. The lowest BCUT2D eigenvalue weighted by molar-refractivity contribution is -0.141. The second-order valence-electron chi connectivity index (χ2n) is 9.78. The number of likely N-dealkylation sites (N-methyl/N-ethyl adjacent to an activating group) is 1. The van der Waals surface area contributed by atoms with Crippen molar-refractivity contribution >= 4 is 54.2 Å². The van der Waals surface area contributed by atoms with Gasteiger partial charge in [0.1, 0.15) is 6.04 Å². The summed E-state index contributed by atoms with van der Waals surface area (Å²) in [6.45, 7) is 0.409. The molecule has 1 aliphatic heterocycles. The number of amides is 2. The number of rotatable bonds is 10. The van der Waals surface area contributed by atoms with E-state index in [-0.39, 0.29) is 31.3 Å². The highest BCUT2D eigenvalue weighted by Gasteiger charge is 2.35. The van der Waals surface area contributed by atoms with Crippen LogP contribution in [0, 0.1) is 0 Å². The van der Waals surface area contributed by atoms with Gasteiger partial charge in [0.2, 0.25) is 11.8 Å². The van der Waals surface area contributed by atoms with E-state index in [1.54, 1.807) is 30.1 Å². The monoisotopic (exact) mass is 619 g/mol. The molecule has 1 atom stereocenters. The molecule has 9 heteroatoms. The maximum atomic E-state index is 13.8. The van der Waals surface area contributed by atoms with Gasteiger partial charge in [-0.3, -0.25) is 13.9 Å². The van der Waals surface area contributed by atoms with Crippen LogP contribution in [0.1, 0.15) is 24.0 Å². The van der Waals surface area contributed by atoms with Gasteiger partial charge >= 0.3 is 0 Å². The van der Waals surface area contributed by atoms with Crippen molar-refractivity contribution in [2.24, 2.45) is 0 Å². The molecule has 4 aromatic carbocycles.